The van der Waals surface area contributed by atoms with Crippen LogP contribution in [-0.4, -0.2) is 15.0 Å². The minimum atomic E-state index is 0.296. The first kappa shape index (κ1) is 24.8. The molecule has 1 aromatic heterocycles. The van der Waals surface area contributed by atoms with E-state index in [1.807, 2.05) is 0 Å². The smallest absolute Gasteiger partial charge is 0.130 e. The number of benzene rings is 1. The van der Waals surface area contributed by atoms with Gasteiger partial charge in [0.1, 0.15) is 23.2 Å². The molecule has 30 heavy (non-hydrogen) atoms. The van der Waals surface area contributed by atoms with E-state index in [9.17, 15) is 10.5 Å². The summed E-state index contributed by atoms with van der Waals surface area (Å²) in [6.45, 7) is 3.01. The quantitative estimate of drug-likeness (QED) is 0.231. The molecule has 0 aliphatic rings. The molecule has 0 amide bonds. The van der Waals surface area contributed by atoms with Gasteiger partial charge in [0.05, 0.1) is 26.6 Å². The highest BCUT2D eigenvalue weighted by Gasteiger charge is 2.20. The Bertz CT molecular complexity index is 835. The Morgan fingerprint density at radius 2 is 1.03 bits per heavy atom. The first-order chi connectivity index (χ1) is 14.6. The van der Waals surface area contributed by atoms with E-state index in [0.717, 1.165) is 13.0 Å². The molecule has 2 aromatic rings. The Balaban J connectivity index is 1.68. The van der Waals surface area contributed by atoms with E-state index in [4.69, 9.17) is 0 Å². The molecule has 1 heterocycles. The number of nitrogens with zero attached hydrogens (tertiary/aromatic N) is 5. The second-order valence-corrected chi connectivity index (χ2v) is 9.42. The monoisotopic (exact) mass is 535 g/mol. The molecule has 0 atom stereocenters. The predicted octanol–water partition coefficient (Wildman–Crippen LogP) is 7.79. The van der Waals surface area contributed by atoms with Crippen molar-refractivity contribution in [2.24, 2.45) is 0 Å². The maximum Gasteiger partial charge on any atom is 0.130 e. The van der Waals surface area contributed by atoms with E-state index in [0.29, 0.717) is 31.1 Å². The molecule has 0 fully saturated rings. The van der Waals surface area contributed by atoms with Crippen molar-refractivity contribution in [1.82, 2.24) is 15.0 Å². The highest BCUT2D eigenvalue weighted by Crippen LogP contribution is 2.35. The molecular weight excluding hydrogens is 506 g/mol. The van der Waals surface area contributed by atoms with Crippen molar-refractivity contribution in [3.8, 4) is 12.1 Å². The summed E-state index contributed by atoms with van der Waals surface area (Å²) in [4.78, 5) is 1.68. The van der Waals surface area contributed by atoms with E-state index < -0.39 is 0 Å². The third-order valence-corrected chi connectivity index (χ3v) is 6.99. The minimum Gasteiger partial charge on any atom is -0.192 e. The number of unbranched alkanes of at least 4 members (excludes halogenated alkanes) is 12. The van der Waals surface area contributed by atoms with Crippen molar-refractivity contribution >= 4 is 42.9 Å². The molecule has 162 valence electrons. The van der Waals surface area contributed by atoms with Crippen LogP contribution in [0.15, 0.2) is 8.95 Å². The Labute approximate surface area is 197 Å². The topological polar surface area (TPSA) is 78.3 Å². The summed E-state index contributed by atoms with van der Waals surface area (Å²) in [7, 11) is 0. The van der Waals surface area contributed by atoms with Crippen LogP contribution in [0.1, 0.15) is 102 Å². The zero-order valence-electron chi connectivity index (χ0n) is 17.9. The van der Waals surface area contributed by atoms with Gasteiger partial charge in [0, 0.05) is 0 Å². The van der Waals surface area contributed by atoms with Crippen LogP contribution in [0.5, 0.6) is 0 Å². The van der Waals surface area contributed by atoms with Gasteiger partial charge in [0.25, 0.3) is 0 Å². The molecule has 0 unspecified atom stereocenters. The van der Waals surface area contributed by atoms with E-state index >= 15 is 0 Å². The largest absolute Gasteiger partial charge is 0.192 e. The van der Waals surface area contributed by atoms with E-state index in [1.54, 1.807) is 4.80 Å². The zero-order valence-corrected chi connectivity index (χ0v) is 21.1. The van der Waals surface area contributed by atoms with Crippen LogP contribution in [0.4, 0.5) is 0 Å². The summed E-state index contributed by atoms with van der Waals surface area (Å²) < 4.78 is 1.08. The summed E-state index contributed by atoms with van der Waals surface area (Å²) in [5.41, 5.74) is 1.83. The fourth-order valence-corrected chi connectivity index (χ4v) is 4.79. The third-order valence-electron chi connectivity index (χ3n) is 5.45. The Morgan fingerprint density at radius 3 is 1.40 bits per heavy atom. The van der Waals surface area contributed by atoms with Gasteiger partial charge in [-0.15, -0.1) is 0 Å². The molecule has 0 spiro atoms. The van der Waals surface area contributed by atoms with Gasteiger partial charge in [-0.05, 0) is 38.3 Å². The Hall–Kier alpha value is -1.44. The lowest BCUT2D eigenvalue weighted by Crippen LogP contribution is -2.02. The van der Waals surface area contributed by atoms with Crippen LogP contribution in [-0.2, 0) is 6.54 Å². The van der Waals surface area contributed by atoms with Crippen molar-refractivity contribution in [3.05, 3.63) is 20.1 Å². The molecule has 1 aromatic carbocycles. The summed E-state index contributed by atoms with van der Waals surface area (Å²) in [6, 6.07) is 4.15. The van der Waals surface area contributed by atoms with Crippen LogP contribution in [0.25, 0.3) is 11.0 Å². The number of aromatic nitrogens is 3. The fourth-order valence-electron chi connectivity index (χ4n) is 3.68. The second-order valence-electron chi connectivity index (χ2n) is 7.84. The molecule has 0 bridgehead atoms. The van der Waals surface area contributed by atoms with Gasteiger partial charge in [-0.1, -0.05) is 84.0 Å². The number of fused-ring (bicyclic) bond motifs is 1. The van der Waals surface area contributed by atoms with Crippen LogP contribution in [0.3, 0.4) is 0 Å². The number of nitriles is 2. The zero-order chi connectivity index (χ0) is 21.8. The van der Waals surface area contributed by atoms with Gasteiger partial charge in [-0.25, -0.2) is 0 Å². The first-order valence-corrected chi connectivity index (χ1v) is 12.8. The van der Waals surface area contributed by atoms with Gasteiger partial charge in [-0.2, -0.15) is 25.5 Å². The molecule has 7 heteroatoms. The van der Waals surface area contributed by atoms with Crippen molar-refractivity contribution in [3.63, 3.8) is 0 Å². The lowest BCUT2D eigenvalue weighted by Gasteiger charge is -2.03. The van der Waals surface area contributed by atoms with Crippen LogP contribution < -0.4 is 0 Å². The molecule has 5 nitrogen and oxygen atoms in total. The second kappa shape index (κ2) is 13.8. The van der Waals surface area contributed by atoms with E-state index in [1.165, 1.54) is 77.0 Å². The van der Waals surface area contributed by atoms with Gasteiger partial charge in [-0.3, -0.25) is 0 Å². The van der Waals surface area contributed by atoms with Crippen molar-refractivity contribution in [1.29, 1.82) is 10.5 Å². The van der Waals surface area contributed by atoms with Gasteiger partial charge in [0.2, 0.25) is 0 Å². The number of hydrogen-bond acceptors (Lipinski definition) is 4. The molecule has 0 N–H and O–H groups in total. The summed E-state index contributed by atoms with van der Waals surface area (Å²) in [5, 5.41) is 27.7. The molecule has 0 saturated carbocycles. The fraction of sp³-hybridized carbons (Fsp3) is 0.652. The summed E-state index contributed by atoms with van der Waals surface area (Å²) in [6.07, 6.45) is 17.2. The van der Waals surface area contributed by atoms with Crippen LogP contribution >= 0.6 is 31.9 Å². The molecule has 0 radical (unpaired) electrons. The van der Waals surface area contributed by atoms with Crippen LogP contribution in [0.2, 0.25) is 0 Å². The van der Waals surface area contributed by atoms with E-state index in [-0.39, 0.29) is 0 Å². The standard InChI is InChI=1S/C23H31Br2N5/c1-2-3-4-5-6-7-8-9-10-11-12-13-14-15-30-28-22-20(24)18(16-26)19(17-27)21(25)23(22)29-30/h2-15H2,1H3. The highest BCUT2D eigenvalue weighted by molar-refractivity contribution is 9.11. The maximum atomic E-state index is 9.35. The first-order valence-electron chi connectivity index (χ1n) is 11.2. The van der Waals surface area contributed by atoms with Crippen molar-refractivity contribution in [2.75, 3.05) is 0 Å². The average molecular weight is 537 g/mol. The lowest BCUT2D eigenvalue weighted by molar-refractivity contribution is 0.482. The maximum absolute atomic E-state index is 9.35. The molecule has 0 aliphatic carbocycles. The third kappa shape index (κ3) is 7.06. The van der Waals surface area contributed by atoms with Gasteiger partial charge >= 0.3 is 0 Å². The Kier molecular flexibility index (Phi) is 11.4. The van der Waals surface area contributed by atoms with Crippen molar-refractivity contribution < 1.29 is 0 Å². The molecule has 2 rings (SSSR count). The molecule has 0 saturated heterocycles. The normalized spacial score (nSPS) is 11.0. The van der Waals surface area contributed by atoms with Gasteiger partial charge < -0.3 is 0 Å². The van der Waals surface area contributed by atoms with Crippen molar-refractivity contribution in [2.45, 2.75) is 96.9 Å². The summed E-state index contributed by atoms with van der Waals surface area (Å²) >= 11 is 6.83. The number of hydrogen-bond donors (Lipinski definition) is 0. The average Bonchev–Trinajstić information content (AvgIpc) is 3.18. The number of rotatable bonds is 14. The SMILES string of the molecule is CCCCCCCCCCCCCCCn1nc2c(Br)c(C#N)c(C#N)c(Br)c2n1. The number of aryl methyl sites for hydroxylation is 1. The molecular formula is C23H31Br2N5. The molecule has 0 aliphatic heterocycles. The van der Waals surface area contributed by atoms with E-state index in [2.05, 4.69) is 61.1 Å². The highest BCUT2D eigenvalue weighted by atomic mass is 79.9. The predicted molar refractivity (Wildman–Crippen MR) is 128 cm³/mol. The van der Waals surface area contributed by atoms with Crippen LogP contribution in [0, 0.1) is 22.7 Å². The summed E-state index contributed by atoms with van der Waals surface area (Å²) in [5.74, 6) is 0. The lowest BCUT2D eigenvalue weighted by atomic mass is 10.0. The van der Waals surface area contributed by atoms with Gasteiger partial charge in [0.15, 0.2) is 0 Å². The Morgan fingerprint density at radius 1 is 0.667 bits per heavy atom. The number of halogens is 2. The minimum absolute atomic E-state index is 0.296.